The van der Waals surface area contributed by atoms with E-state index in [2.05, 4.69) is 45.7 Å². The van der Waals surface area contributed by atoms with Gasteiger partial charge in [-0.25, -0.2) is 0 Å². The molecule has 0 aliphatic carbocycles. The van der Waals surface area contributed by atoms with E-state index in [0.29, 0.717) is 6.04 Å². The quantitative estimate of drug-likeness (QED) is 0.726. The lowest BCUT2D eigenvalue weighted by atomic mass is 10.1. The van der Waals surface area contributed by atoms with Crippen LogP contribution in [-0.4, -0.2) is 31.1 Å². The average Bonchev–Trinajstić information content (AvgIpc) is 2.71. The molecule has 1 saturated heterocycles. The predicted octanol–water partition coefficient (Wildman–Crippen LogP) is 4.58. The summed E-state index contributed by atoms with van der Waals surface area (Å²) in [5.41, 5.74) is 1.36. The number of nitrogens with one attached hydrogen (secondary N) is 1. The highest BCUT2D eigenvalue weighted by molar-refractivity contribution is 9.11. The maximum Gasteiger partial charge on any atom is 0.0731 e. The third-order valence-electron chi connectivity index (χ3n) is 3.44. The topological polar surface area (TPSA) is 15.3 Å². The van der Waals surface area contributed by atoms with Gasteiger partial charge in [0.05, 0.1) is 3.79 Å². The first-order valence-electron chi connectivity index (χ1n) is 6.54. The van der Waals surface area contributed by atoms with Crippen LogP contribution in [-0.2, 0) is 0 Å². The molecule has 1 N–H and O–H groups in total. The monoisotopic (exact) mass is 400 g/mol. The zero-order chi connectivity index (χ0) is 13.0. The lowest BCUT2D eigenvalue weighted by Gasteiger charge is -2.34. The number of rotatable bonds is 5. The van der Waals surface area contributed by atoms with Crippen LogP contribution in [0.1, 0.15) is 29.3 Å². The molecule has 1 fully saturated rings. The minimum atomic E-state index is 0. The van der Waals surface area contributed by atoms with Crippen LogP contribution in [0.4, 0.5) is 0 Å². The Kier molecular flexibility index (Phi) is 10.4. The second-order valence-corrected chi connectivity index (χ2v) is 7.17. The van der Waals surface area contributed by atoms with Crippen LogP contribution in [0, 0.1) is 6.92 Å². The number of nitrogens with zero attached hydrogens (tertiary/aromatic N) is 1. The van der Waals surface area contributed by atoms with E-state index in [9.17, 15) is 0 Å². The number of hydrogen-bond donors (Lipinski definition) is 1. The number of piperazine rings is 1. The first-order valence-corrected chi connectivity index (χ1v) is 8.15. The van der Waals surface area contributed by atoms with Gasteiger partial charge >= 0.3 is 0 Å². The Morgan fingerprint density at radius 2 is 2.10 bits per heavy atom. The molecule has 0 radical (unpaired) electrons. The molecular formula is C14H23BrCl2N2S. The first-order chi connectivity index (χ1) is 8.72. The summed E-state index contributed by atoms with van der Waals surface area (Å²) in [6, 6.07) is 2.89. The Hall–Kier alpha value is 0.420. The molecule has 1 atom stereocenters. The minimum absolute atomic E-state index is 0. The van der Waals surface area contributed by atoms with Gasteiger partial charge in [-0.2, -0.15) is 0 Å². The molecule has 1 aromatic heterocycles. The van der Waals surface area contributed by atoms with E-state index in [1.165, 1.54) is 20.6 Å². The zero-order valence-electron chi connectivity index (χ0n) is 11.7. The Bertz CT molecular complexity index is 386. The van der Waals surface area contributed by atoms with Crippen molar-refractivity contribution in [2.24, 2.45) is 0 Å². The fourth-order valence-corrected chi connectivity index (χ4v) is 4.16. The molecular weight excluding hydrogens is 379 g/mol. The smallest absolute Gasteiger partial charge is 0.0731 e. The van der Waals surface area contributed by atoms with Crippen molar-refractivity contribution in [3.05, 3.63) is 32.9 Å². The van der Waals surface area contributed by atoms with E-state index >= 15 is 0 Å². The van der Waals surface area contributed by atoms with Crippen LogP contribution in [0.5, 0.6) is 0 Å². The maximum absolute atomic E-state index is 3.86. The van der Waals surface area contributed by atoms with Crippen LogP contribution in [0.3, 0.4) is 0 Å². The molecule has 0 unspecified atom stereocenters. The van der Waals surface area contributed by atoms with Crippen molar-refractivity contribution in [2.75, 3.05) is 26.2 Å². The number of aryl methyl sites for hydroxylation is 1. The van der Waals surface area contributed by atoms with Crippen molar-refractivity contribution >= 4 is 52.1 Å². The number of halogens is 3. The van der Waals surface area contributed by atoms with Gasteiger partial charge in [-0.3, -0.25) is 4.90 Å². The van der Waals surface area contributed by atoms with Gasteiger partial charge in [-0.15, -0.1) is 42.7 Å². The normalized spacial score (nSPS) is 16.9. The van der Waals surface area contributed by atoms with Crippen LogP contribution >= 0.6 is 52.1 Å². The molecule has 0 saturated carbocycles. The van der Waals surface area contributed by atoms with Gasteiger partial charge in [0, 0.05) is 37.1 Å². The summed E-state index contributed by atoms with van der Waals surface area (Å²) in [4.78, 5) is 4.10. The van der Waals surface area contributed by atoms with Crippen molar-refractivity contribution in [3.8, 4) is 0 Å². The Morgan fingerprint density at radius 1 is 1.45 bits per heavy atom. The summed E-state index contributed by atoms with van der Waals surface area (Å²) in [5.74, 6) is 0. The molecule has 0 amide bonds. The highest BCUT2D eigenvalue weighted by Crippen LogP contribution is 2.36. The van der Waals surface area contributed by atoms with E-state index in [4.69, 9.17) is 0 Å². The SMILES string of the molecule is C=CCC[C@@H](c1cc(C)c(Br)s1)N1CCNCC1.Cl.Cl. The van der Waals surface area contributed by atoms with Crippen LogP contribution in [0.2, 0.25) is 0 Å². The molecule has 0 bridgehead atoms. The molecule has 1 aliphatic rings. The first kappa shape index (κ1) is 20.4. The molecule has 6 heteroatoms. The molecule has 20 heavy (non-hydrogen) atoms. The molecule has 2 rings (SSSR count). The van der Waals surface area contributed by atoms with Gasteiger partial charge in [-0.05, 0) is 47.3 Å². The molecule has 116 valence electrons. The zero-order valence-corrected chi connectivity index (χ0v) is 15.8. The van der Waals surface area contributed by atoms with Gasteiger partial charge < -0.3 is 5.32 Å². The van der Waals surface area contributed by atoms with E-state index in [1.807, 2.05) is 17.4 Å². The van der Waals surface area contributed by atoms with Gasteiger partial charge in [0.15, 0.2) is 0 Å². The van der Waals surface area contributed by atoms with Crippen molar-refractivity contribution in [2.45, 2.75) is 25.8 Å². The fourth-order valence-electron chi connectivity index (χ4n) is 2.42. The highest BCUT2D eigenvalue weighted by Gasteiger charge is 2.23. The van der Waals surface area contributed by atoms with Gasteiger partial charge in [-0.1, -0.05) is 6.08 Å². The lowest BCUT2D eigenvalue weighted by molar-refractivity contribution is 0.168. The summed E-state index contributed by atoms with van der Waals surface area (Å²) in [6.07, 6.45) is 4.30. The summed E-state index contributed by atoms with van der Waals surface area (Å²) in [7, 11) is 0. The Morgan fingerprint density at radius 3 is 2.60 bits per heavy atom. The van der Waals surface area contributed by atoms with Crippen molar-refractivity contribution in [1.82, 2.24) is 10.2 Å². The standard InChI is InChI=1S/C14H21BrN2S.2ClH/c1-3-4-5-12(17-8-6-16-7-9-17)13-10-11(2)14(15)18-13;;/h3,10,12,16H,1,4-9H2,2H3;2*1H/t12-;;/m0../s1. The van der Waals surface area contributed by atoms with Crippen molar-refractivity contribution in [1.29, 1.82) is 0 Å². The van der Waals surface area contributed by atoms with E-state index in [-0.39, 0.29) is 24.8 Å². The van der Waals surface area contributed by atoms with Crippen LogP contribution < -0.4 is 5.32 Å². The molecule has 1 aliphatic heterocycles. The summed E-state index contributed by atoms with van der Waals surface area (Å²) >= 11 is 5.53. The molecule has 0 spiro atoms. The number of hydrogen-bond acceptors (Lipinski definition) is 3. The van der Waals surface area contributed by atoms with E-state index in [0.717, 1.165) is 32.6 Å². The number of thiophene rings is 1. The molecule has 2 heterocycles. The number of allylic oxidation sites excluding steroid dienone is 1. The maximum atomic E-state index is 3.86. The largest absolute Gasteiger partial charge is 0.314 e. The summed E-state index contributed by atoms with van der Waals surface area (Å²) in [6.45, 7) is 10.5. The van der Waals surface area contributed by atoms with Crippen LogP contribution in [0.25, 0.3) is 0 Å². The minimum Gasteiger partial charge on any atom is -0.314 e. The summed E-state index contributed by atoms with van der Waals surface area (Å²) in [5, 5.41) is 3.43. The average molecular weight is 402 g/mol. The highest BCUT2D eigenvalue weighted by atomic mass is 79.9. The van der Waals surface area contributed by atoms with Gasteiger partial charge in [0.1, 0.15) is 0 Å². The van der Waals surface area contributed by atoms with Crippen molar-refractivity contribution < 1.29 is 0 Å². The van der Waals surface area contributed by atoms with E-state index < -0.39 is 0 Å². The van der Waals surface area contributed by atoms with Crippen LogP contribution in [0.15, 0.2) is 22.5 Å². The predicted molar refractivity (Wildman–Crippen MR) is 97.9 cm³/mol. The second kappa shape index (κ2) is 10.2. The van der Waals surface area contributed by atoms with Gasteiger partial charge in [0.2, 0.25) is 0 Å². The second-order valence-electron chi connectivity index (χ2n) is 4.77. The lowest BCUT2D eigenvalue weighted by Crippen LogP contribution is -2.45. The van der Waals surface area contributed by atoms with E-state index in [1.54, 1.807) is 0 Å². The third kappa shape index (κ3) is 5.32. The Balaban J connectivity index is 0.00000180. The summed E-state index contributed by atoms with van der Waals surface area (Å²) < 4.78 is 1.27. The van der Waals surface area contributed by atoms with Gasteiger partial charge in [0.25, 0.3) is 0 Å². The van der Waals surface area contributed by atoms with Crippen molar-refractivity contribution in [3.63, 3.8) is 0 Å². The third-order valence-corrected chi connectivity index (χ3v) is 5.68. The molecule has 2 nitrogen and oxygen atoms in total. The fraction of sp³-hybridized carbons (Fsp3) is 0.571. The molecule has 0 aromatic carbocycles. The molecule has 1 aromatic rings. The Labute approximate surface area is 147 Å².